The largest absolute Gasteiger partial charge is 0.461 e. The highest BCUT2D eigenvalue weighted by molar-refractivity contribution is 5.92. The Morgan fingerprint density at radius 2 is 2.20 bits per heavy atom. The molecule has 0 unspecified atom stereocenters. The van der Waals surface area contributed by atoms with Crippen LogP contribution in [0.25, 0.3) is 5.69 Å². The zero-order valence-electron chi connectivity index (χ0n) is 11.8. The van der Waals surface area contributed by atoms with Gasteiger partial charge in [-0.25, -0.2) is 9.78 Å². The number of hydrogen-bond acceptors (Lipinski definition) is 5. The van der Waals surface area contributed by atoms with E-state index >= 15 is 0 Å². The van der Waals surface area contributed by atoms with E-state index in [9.17, 15) is 4.79 Å². The van der Waals surface area contributed by atoms with E-state index in [0.717, 1.165) is 11.4 Å². The lowest BCUT2D eigenvalue weighted by Crippen LogP contribution is -2.10. The number of nitrogens with zero attached hydrogens (tertiary/aromatic N) is 3. The molecule has 0 aliphatic heterocycles. The maximum atomic E-state index is 11.7. The predicted octanol–water partition coefficient (Wildman–Crippen LogP) is 1.70. The van der Waals surface area contributed by atoms with E-state index in [-0.39, 0.29) is 11.5 Å². The van der Waals surface area contributed by atoms with Gasteiger partial charge in [0.15, 0.2) is 5.69 Å². The molecule has 2 aromatic rings. The molecule has 1 heterocycles. The molecule has 106 valence electrons. The van der Waals surface area contributed by atoms with Crippen molar-refractivity contribution in [1.82, 2.24) is 9.55 Å². The zero-order valence-corrected chi connectivity index (χ0v) is 11.8. The summed E-state index contributed by atoms with van der Waals surface area (Å²) in [5, 5.41) is 0. The molecule has 0 saturated heterocycles. The number of rotatable bonds is 4. The zero-order chi connectivity index (χ0) is 14.7. The first-order chi connectivity index (χ1) is 9.54. The average Bonchev–Trinajstić information content (AvgIpc) is 2.81. The summed E-state index contributed by atoms with van der Waals surface area (Å²) in [6.45, 7) is 2.03. The quantitative estimate of drug-likeness (QED) is 0.859. The van der Waals surface area contributed by atoms with Crippen LogP contribution in [-0.2, 0) is 4.74 Å². The van der Waals surface area contributed by atoms with E-state index < -0.39 is 5.97 Å². The smallest absolute Gasteiger partial charge is 0.360 e. The van der Waals surface area contributed by atoms with Crippen LogP contribution in [0.4, 0.5) is 11.5 Å². The first kappa shape index (κ1) is 13.9. The van der Waals surface area contributed by atoms with Crippen LogP contribution in [-0.4, -0.2) is 36.2 Å². The summed E-state index contributed by atoms with van der Waals surface area (Å²) in [6.07, 6.45) is 1.52. The number of carbonyl (C=O) groups excluding carboxylic acids is 1. The van der Waals surface area contributed by atoms with Crippen molar-refractivity contribution >= 4 is 17.5 Å². The molecule has 2 N–H and O–H groups in total. The van der Waals surface area contributed by atoms with Crippen LogP contribution in [0.15, 0.2) is 30.6 Å². The molecule has 0 atom stereocenters. The van der Waals surface area contributed by atoms with Crippen LogP contribution >= 0.6 is 0 Å². The van der Waals surface area contributed by atoms with E-state index in [1.807, 2.05) is 43.3 Å². The number of carbonyl (C=O) groups is 1. The third-order valence-electron chi connectivity index (χ3n) is 2.90. The van der Waals surface area contributed by atoms with E-state index in [1.54, 1.807) is 11.5 Å². The van der Waals surface area contributed by atoms with Gasteiger partial charge in [0.05, 0.1) is 12.3 Å². The summed E-state index contributed by atoms with van der Waals surface area (Å²) in [5.41, 5.74) is 8.00. The first-order valence-corrected chi connectivity index (χ1v) is 6.32. The van der Waals surface area contributed by atoms with E-state index in [4.69, 9.17) is 10.5 Å². The van der Waals surface area contributed by atoms with Gasteiger partial charge in [-0.1, -0.05) is 6.07 Å². The number of esters is 1. The second kappa shape index (κ2) is 5.64. The Labute approximate surface area is 117 Å². The van der Waals surface area contributed by atoms with Gasteiger partial charge < -0.3 is 15.4 Å². The third kappa shape index (κ3) is 2.59. The minimum Gasteiger partial charge on any atom is -0.461 e. The number of ether oxygens (including phenoxy) is 1. The van der Waals surface area contributed by atoms with Crippen molar-refractivity contribution in [1.29, 1.82) is 0 Å². The maximum Gasteiger partial charge on any atom is 0.360 e. The number of benzene rings is 1. The number of aromatic nitrogens is 2. The second-order valence-corrected chi connectivity index (χ2v) is 4.48. The highest BCUT2D eigenvalue weighted by Gasteiger charge is 2.17. The Kier molecular flexibility index (Phi) is 3.93. The molecule has 6 heteroatoms. The molecular weight excluding hydrogens is 256 g/mol. The Hall–Kier alpha value is -2.50. The Bertz CT molecular complexity index is 619. The summed E-state index contributed by atoms with van der Waals surface area (Å²) in [6, 6.07) is 7.78. The van der Waals surface area contributed by atoms with Gasteiger partial charge in [-0.15, -0.1) is 0 Å². The van der Waals surface area contributed by atoms with Crippen LogP contribution in [0, 0.1) is 0 Å². The van der Waals surface area contributed by atoms with Gasteiger partial charge >= 0.3 is 5.97 Å². The summed E-state index contributed by atoms with van der Waals surface area (Å²) >= 11 is 0. The number of hydrogen-bond donors (Lipinski definition) is 1. The maximum absolute atomic E-state index is 11.7. The summed E-state index contributed by atoms with van der Waals surface area (Å²) in [5.74, 6) is -0.230. The summed E-state index contributed by atoms with van der Waals surface area (Å²) in [4.78, 5) is 17.7. The van der Waals surface area contributed by atoms with Crippen LogP contribution in [0.2, 0.25) is 0 Å². The lowest BCUT2D eigenvalue weighted by Gasteiger charge is -2.14. The predicted molar refractivity (Wildman–Crippen MR) is 78.3 cm³/mol. The van der Waals surface area contributed by atoms with Crippen LogP contribution in [0.1, 0.15) is 17.4 Å². The molecule has 0 saturated carbocycles. The van der Waals surface area contributed by atoms with Gasteiger partial charge in [0.25, 0.3) is 0 Å². The van der Waals surface area contributed by atoms with Crippen LogP contribution < -0.4 is 10.6 Å². The molecule has 0 aliphatic carbocycles. The third-order valence-corrected chi connectivity index (χ3v) is 2.90. The molecule has 0 fully saturated rings. The Morgan fingerprint density at radius 3 is 2.85 bits per heavy atom. The summed E-state index contributed by atoms with van der Waals surface area (Å²) in [7, 11) is 3.92. The minimum atomic E-state index is -0.507. The highest BCUT2D eigenvalue weighted by atomic mass is 16.5. The van der Waals surface area contributed by atoms with Gasteiger partial charge in [0.2, 0.25) is 0 Å². The van der Waals surface area contributed by atoms with Crippen molar-refractivity contribution in [3.63, 3.8) is 0 Å². The van der Waals surface area contributed by atoms with Crippen molar-refractivity contribution in [2.45, 2.75) is 6.92 Å². The molecule has 0 radical (unpaired) electrons. The molecule has 0 amide bonds. The average molecular weight is 274 g/mol. The monoisotopic (exact) mass is 274 g/mol. The lowest BCUT2D eigenvalue weighted by atomic mass is 10.2. The van der Waals surface area contributed by atoms with E-state index in [2.05, 4.69) is 4.98 Å². The number of nitrogen functional groups attached to an aromatic ring is 1. The van der Waals surface area contributed by atoms with Crippen LogP contribution in [0.3, 0.4) is 0 Å². The fourth-order valence-corrected chi connectivity index (χ4v) is 1.84. The molecular formula is C14H18N4O2. The van der Waals surface area contributed by atoms with E-state index in [1.165, 1.54) is 6.33 Å². The highest BCUT2D eigenvalue weighted by Crippen LogP contribution is 2.21. The molecule has 0 bridgehead atoms. The SMILES string of the molecule is CCOC(=O)c1ncn(-c2cccc(N(C)C)c2)c1N. The molecule has 20 heavy (non-hydrogen) atoms. The van der Waals surface area contributed by atoms with E-state index in [0.29, 0.717) is 6.61 Å². The molecule has 1 aromatic heterocycles. The molecule has 0 aliphatic rings. The molecule has 1 aromatic carbocycles. The summed E-state index contributed by atoms with van der Waals surface area (Å²) < 4.78 is 6.58. The van der Waals surface area contributed by atoms with Gasteiger partial charge in [-0.05, 0) is 25.1 Å². The topological polar surface area (TPSA) is 73.4 Å². The molecule has 0 spiro atoms. The Morgan fingerprint density at radius 1 is 1.45 bits per heavy atom. The normalized spacial score (nSPS) is 10.3. The van der Waals surface area contributed by atoms with Gasteiger partial charge in [-0.3, -0.25) is 4.57 Å². The first-order valence-electron chi connectivity index (χ1n) is 6.32. The second-order valence-electron chi connectivity index (χ2n) is 4.48. The number of imidazole rings is 1. The van der Waals surface area contributed by atoms with Gasteiger partial charge in [0.1, 0.15) is 12.1 Å². The number of nitrogens with two attached hydrogens (primary N) is 1. The molecule has 6 nitrogen and oxygen atoms in total. The number of anilines is 2. The van der Waals surface area contributed by atoms with Crippen molar-refractivity contribution in [3.05, 3.63) is 36.3 Å². The Balaban J connectivity index is 2.39. The van der Waals surface area contributed by atoms with Gasteiger partial charge in [0, 0.05) is 19.8 Å². The lowest BCUT2D eigenvalue weighted by molar-refractivity contribution is 0.0521. The van der Waals surface area contributed by atoms with Crippen molar-refractivity contribution in [2.24, 2.45) is 0 Å². The fourth-order valence-electron chi connectivity index (χ4n) is 1.84. The van der Waals surface area contributed by atoms with Crippen molar-refractivity contribution in [3.8, 4) is 5.69 Å². The van der Waals surface area contributed by atoms with Crippen molar-refractivity contribution < 1.29 is 9.53 Å². The minimum absolute atomic E-state index is 0.141. The standard InChI is InChI=1S/C14H18N4O2/c1-4-20-14(19)12-13(15)18(9-16-12)11-7-5-6-10(8-11)17(2)3/h5-9H,4,15H2,1-3H3. The van der Waals surface area contributed by atoms with Crippen molar-refractivity contribution in [2.75, 3.05) is 31.3 Å². The van der Waals surface area contributed by atoms with Gasteiger partial charge in [-0.2, -0.15) is 0 Å². The molecule has 2 rings (SSSR count). The fraction of sp³-hybridized carbons (Fsp3) is 0.286. The van der Waals surface area contributed by atoms with Crippen LogP contribution in [0.5, 0.6) is 0 Å².